The van der Waals surface area contributed by atoms with Gasteiger partial charge in [0, 0.05) is 41.0 Å². The van der Waals surface area contributed by atoms with E-state index in [-0.39, 0.29) is 11.9 Å². The number of carbonyl (C=O) groups is 1. The molecule has 0 aliphatic rings. The fourth-order valence-corrected chi connectivity index (χ4v) is 3.32. The first kappa shape index (κ1) is 19.3. The summed E-state index contributed by atoms with van der Waals surface area (Å²) in [7, 11) is 3.13. The zero-order chi connectivity index (χ0) is 18.2. The van der Waals surface area contributed by atoms with Crippen molar-refractivity contribution in [3.05, 3.63) is 71.3 Å². The fourth-order valence-electron chi connectivity index (χ4n) is 2.67. The number of hydrogen-bond donors (Lipinski definition) is 1. The largest absolute Gasteiger partial charge is 0.350 e. The maximum Gasteiger partial charge on any atom is 0.251 e. The van der Waals surface area contributed by atoms with Crippen LogP contribution in [0.15, 0.2) is 54.6 Å². The molecule has 0 aromatic heterocycles. The van der Waals surface area contributed by atoms with Gasteiger partial charge in [0.05, 0.1) is 0 Å². The van der Waals surface area contributed by atoms with Crippen LogP contribution in [0.2, 0.25) is 0 Å². The van der Waals surface area contributed by atoms with Crippen molar-refractivity contribution in [3.63, 3.8) is 0 Å². The van der Waals surface area contributed by atoms with Gasteiger partial charge in [-0.25, -0.2) is 0 Å². The Morgan fingerprint density at radius 2 is 1.76 bits per heavy atom. The van der Waals surface area contributed by atoms with Gasteiger partial charge in [-0.1, -0.05) is 42.5 Å². The molecule has 0 fully saturated rings. The predicted molar refractivity (Wildman–Crippen MR) is 104 cm³/mol. The normalized spacial score (nSPS) is 13.4. The molecule has 0 spiro atoms. The number of likely N-dealkylation sites (N-methyl/N-ethyl adjacent to an activating group) is 1. The molecule has 0 radical (unpaired) electrons. The van der Waals surface area contributed by atoms with Crippen LogP contribution in [0.5, 0.6) is 0 Å². The van der Waals surface area contributed by atoms with Crippen molar-refractivity contribution in [3.8, 4) is 0 Å². The Kier molecular flexibility index (Phi) is 7.34. The van der Waals surface area contributed by atoms with Gasteiger partial charge in [-0.2, -0.15) is 0 Å². The van der Waals surface area contributed by atoms with Crippen LogP contribution in [0.1, 0.15) is 21.5 Å². The lowest BCUT2D eigenvalue weighted by Crippen LogP contribution is -2.41. The predicted octanol–water partition coefficient (Wildman–Crippen LogP) is 2.47. The first-order valence-corrected chi connectivity index (χ1v) is 10.1. The first-order valence-electron chi connectivity index (χ1n) is 8.33. The maximum atomic E-state index is 12.5. The second-order valence-electron chi connectivity index (χ2n) is 6.44. The molecule has 2 rings (SSSR count). The Balaban J connectivity index is 1.98. The van der Waals surface area contributed by atoms with Crippen molar-refractivity contribution in [1.82, 2.24) is 10.2 Å². The summed E-state index contributed by atoms with van der Waals surface area (Å²) in [6.07, 6.45) is 2.54. The Labute approximate surface area is 152 Å². The summed E-state index contributed by atoms with van der Waals surface area (Å²) in [5.74, 6) is 0.374. The molecule has 5 heteroatoms. The van der Waals surface area contributed by atoms with Crippen molar-refractivity contribution in [2.75, 3.05) is 26.9 Å². The van der Waals surface area contributed by atoms with E-state index in [2.05, 4.69) is 22.3 Å². The van der Waals surface area contributed by atoms with Gasteiger partial charge in [-0.15, -0.1) is 0 Å². The lowest BCUT2D eigenvalue weighted by Gasteiger charge is -2.25. The van der Waals surface area contributed by atoms with E-state index in [0.29, 0.717) is 17.9 Å². The van der Waals surface area contributed by atoms with Crippen LogP contribution in [-0.4, -0.2) is 48.0 Å². The lowest BCUT2D eigenvalue weighted by molar-refractivity contribution is 0.0941. The SMILES string of the molecule is CN(C)C(CNC(=O)c1cccc(CS(C)=O)c1)Cc1ccccc1. The van der Waals surface area contributed by atoms with Gasteiger partial charge in [0.25, 0.3) is 5.91 Å². The van der Waals surface area contributed by atoms with Gasteiger partial charge in [-0.3, -0.25) is 9.00 Å². The van der Waals surface area contributed by atoms with Crippen molar-refractivity contribution in [2.24, 2.45) is 0 Å². The minimum atomic E-state index is -0.916. The van der Waals surface area contributed by atoms with Gasteiger partial charge in [0.1, 0.15) is 0 Å². The number of nitrogens with one attached hydrogen (secondary N) is 1. The average molecular weight is 359 g/mol. The molecule has 0 aliphatic heterocycles. The van der Waals surface area contributed by atoms with E-state index in [4.69, 9.17) is 0 Å². The Morgan fingerprint density at radius 1 is 1.08 bits per heavy atom. The molecule has 134 valence electrons. The smallest absolute Gasteiger partial charge is 0.251 e. The molecule has 2 atom stereocenters. The van der Waals surface area contributed by atoms with E-state index >= 15 is 0 Å². The summed E-state index contributed by atoms with van der Waals surface area (Å²) in [5.41, 5.74) is 2.78. The van der Waals surface area contributed by atoms with Gasteiger partial charge >= 0.3 is 0 Å². The van der Waals surface area contributed by atoms with Gasteiger partial charge < -0.3 is 10.2 Å². The molecule has 0 saturated heterocycles. The van der Waals surface area contributed by atoms with Crippen LogP contribution >= 0.6 is 0 Å². The van der Waals surface area contributed by atoms with E-state index < -0.39 is 10.8 Å². The Morgan fingerprint density at radius 3 is 2.40 bits per heavy atom. The lowest BCUT2D eigenvalue weighted by atomic mass is 10.0. The summed E-state index contributed by atoms with van der Waals surface area (Å²) < 4.78 is 11.4. The molecule has 1 N–H and O–H groups in total. The van der Waals surface area contributed by atoms with Crippen LogP contribution in [0.4, 0.5) is 0 Å². The average Bonchev–Trinajstić information content (AvgIpc) is 2.58. The number of carbonyl (C=O) groups excluding carboxylic acids is 1. The maximum absolute atomic E-state index is 12.5. The van der Waals surface area contributed by atoms with E-state index in [1.807, 2.05) is 50.5 Å². The second kappa shape index (κ2) is 9.49. The van der Waals surface area contributed by atoms with Gasteiger partial charge in [-0.05, 0) is 43.8 Å². The van der Waals surface area contributed by atoms with E-state index in [9.17, 15) is 9.00 Å². The standard InChI is InChI=1S/C20H26N2O2S/c1-22(2)19(13-16-8-5-4-6-9-16)14-21-20(23)18-11-7-10-17(12-18)15-25(3)24/h4-12,19H,13-15H2,1-3H3,(H,21,23). The molecule has 2 aromatic carbocycles. The fraction of sp³-hybridized carbons (Fsp3) is 0.350. The second-order valence-corrected chi connectivity index (χ2v) is 7.87. The third-order valence-corrected chi connectivity index (χ3v) is 4.84. The summed E-state index contributed by atoms with van der Waals surface area (Å²) in [6, 6.07) is 17.8. The molecule has 0 heterocycles. The Hall–Kier alpha value is -1.98. The number of benzene rings is 2. The molecule has 1 amide bonds. The van der Waals surface area contributed by atoms with Crippen molar-refractivity contribution in [1.29, 1.82) is 0 Å². The zero-order valence-corrected chi connectivity index (χ0v) is 15.9. The molecule has 0 saturated carbocycles. The van der Waals surface area contributed by atoms with Crippen LogP contribution in [-0.2, 0) is 23.0 Å². The van der Waals surface area contributed by atoms with Crippen molar-refractivity contribution < 1.29 is 9.00 Å². The van der Waals surface area contributed by atoms with Gasteiger partial charge in [0.2, 0.25) is 0 Å². The third kappa shape index (κ3) is 6.44. The number of nitrogens with zero attached hydrogens (tertiary/aromatic N) is 1. The molecule has 2 aromatic rings. The molecular weight excluding hydrogens is 332 g/mol. The number of rotatable bonds is 8. The first-order chi connectivity index (χ1) is 12.0. The minimum Gasteiger partial charge on any atom is -0.350 e. The summed E-state index contributed by atoms with van der Waals surface area (Å²) in [4.78, 5) is 14.6. The van der Waals surface area contributed by atoms with Crippen molar-refractivity contribution >= 4 is 16.7 Å². The van der Waals surface area contributed by atoms with Gasteiger partial charge in [0.15, 0.2) is 0 Å². The Bertz CT molecular complexity index is 717. The van der Waals surface area contributed by atoms with Crippen molar-refractivity contribution in [2.45, 2.75) is 18.2 Å². The monoisotopic (exact) mass is 358 g/mol. The van der Waals surface area contributed by atoms with Crippen LogP contribution in [0.3, 0.4) is 0 Å². The highest BCUT2D eigenvalue weighted by Gasteiger charge is 2.14. The number of amides is 1. The van der Waals surface area contributed by atoms with E-state index in [1.165, 1.54) is 5.56 Å². The molecule has 4 nitrogen and oxygen atoms in total. The quantitative estimate of drug-likeness (QED) is 0.789. The topological polar surface area (TPSA) is 49.4 Å². The molecule has 25 heavy (non-hydrogen) atoms. The highest BCUT2D eigenvalue weighted by molar-refractivity contribution is 7.83. The van der Waals surface area contributed by atoms with E-state index in [1.54, 1.807) is 12.3 Å². The van der Waals surface area contributed by atoms with Crippen LogP contribution in [0.25, 0.3) is 0 Å². The number of hydrogen-bond acceptors (Lipinski definition) is 3. The molecule has 2 unspecified atom stereocenters. The third-order valence-electron chi connectivity index (χ3n) is 4.10. The van der Waals surface area contributed by atoms with Crippen LogP contribution < -0.4 is 5.32 Å². The summed E-state index contributed by atoms with van der Waals surface area (Å²) in [5, 5.41) is 3.02. The molecule has 0 bridgehead atoms. The van der Waals surface area contributed by atoms with Crippen LogP contribution in [0, 0.1) is 0 Å². The molecule has 0 aliphatic carbocycles. The van der Waals surface area contributed by atoms with E-state index in [0.717, 1.165) is 12.0 Å². The summed E-state index contributed by atoms with van der Waals surface area (Å²) >= 11 is 0. The zero-order valence-electron chi connectivity index (χ0n) is 15.1. The highest BCUT2D eigenvalue weighted by atomic mass is 32.2. The molecular formula is C20H26N2O2S. The highest BCUT2D eigenvalue weighted by Crippen LogP contribution is 2.09. The summed E-state index contributed by atoms with van der Waals surface area (Å²) in [6.45, 7) is 0.574. The minimum absolute atomic E-state index is 0.0938.